The molecule has 0 saturated heterocycles. The van der Waals surface area contributed by atoms with E-state index in [1.165, 1.54) is 18.8 Å². The fraction of sp³-hybridized carbons (Fsp3) is 0.100. The van der Waals surface area contributed by atoms with Crippen molar-refractivity contribution in [1.82, 2.24) is 4.57 Å². The number of nitro groups is 1. The summed E-state index contributed by atoms with van der Waals surface area (Å²) in [5.41, 5.74) is 6.74. The number of benzene rings is 2. The van der Waals surface area contributed by atoms with Crippen LogP contribution in [0.1, 0.15) is 5.56 Å². The normalized spacial score (nSPS) is 11.0. The Morgan fingerprint density at radius 3 is 2.10 bits per heavy atom. The second-order valence-electron chi connectivity index (χ2n) is 5.86. The van der Waals surface area contributed by atoms with Gasteiger partial charge in [0, 0.05) is 11.8 Å². The molecule has 2 N–H and O–H groups in total. The molecule has 146 valence electrons. The number of methoxy groups -OCH3 is 2. The molecule has 3 aromatic rings. The Balaban J connectivity index is 2.36. The highest BCUT2D eigenvalue weighted by Gasteiger charge is 2.20. The van der Waals surface area contributed by atoms with Crippen LogP contribution in [0, 0.1) is 21.4 Å². The molecule has 0 aliphatic carbocycles. The summed E-state index contributed by atoms with van der Waals surface area (Å²) < 4.78 is 11.7. The minimum Gasteiger partial charge on any atom is -0.497 e. The summed E-state index contributed by atoms with van der Waals surface area (Å²) in [5, 5.41) is 21.1. The molecule has 0 spiro atoms. The van der Waals surface area contributed by atoms with Crippen molar-refractivity contribution >= 4 is 17.2 Å². The maximum absolute atomic E-state index is 11.7. The molecular formula is C20H17N5O4. The number of anilines is 1. The number of nitrogens with two attached hydrogens (primary N) is 1. The van der Waals surface area contributed by atoms with Crippen molar-refractivity contribution in [3.8, 4) is 23.3 Å². The molecule has 0 radical (unpaired) electrons. The highest BCUT2D eigenvalue weighted by Crippen LogP contribution is 2.23. The van der Waals surface area contributed by atoms with E-state index in [9.17, 15) is 15.4 Å². The van der Waals surface area contributed by atoms with Crippen molar-refractivity contribution in [3.05, 3.63) is 75.8 Å². The average Bonchev–Trinajstić information content (AvgIpc) is 2.74. The second-order valence-corrected chi connectivity index (χ2v) is 5.86. The van der Waals surface area contributed by atoms with Crippen LogP contribution in [-0.2, 0) is 0 Å². The number of hydrogen-bond acceptors (Lipinski definition) is 7. The van der Waals surface area contributed by atoms with E-state index in [4.69, 9.17) is 15.2 Å². The van der Waals surface area contributed by atoms with Gasteiger partial charge < -0.3 is 15.2 Å². The van der Waals surface area contributed by atoms with Crippen LogP contribution in [0.2, 0.25) is 0 Å². The van der Waals surface area contributed by atoms with Gasteiger partial charge in [-0.3, -0.25) is 14.7 Å². The van der Waals surface area contributed by atoms with Gasteiger partial charge in [0.15, 0.2) is 0 Å². The Morgan fingerprint density at radius 2 is 1.62 bits per heavy atom. The SMILES string of the molecule is COc1ccc(N=c2c([N+](=O)[O-])cc(C#N)c(N)n2-c2ccc(OC)cc2)cc1. The lowest BCUT2D eigenvalue weighted by Crippen LogP contribution is -2.26. The zero-order chi connectivity index (χ0) is 21.0. The minimum atomic E-state index is -0.595. The van der Waals surface area contributed by atoms with Crippen molar-refractivity contribution in [1.29, 1.82) is 5.26 Å². The first-order valence-electron chi connectivity index (χ1n) is 8.41. The lowest BCUT2D eigenvalue weighted by atomic mass is 10.2. The molecular weight excluding hydrogens is 374 g/mol. The summed E-state index contributed by atoms with van der Waals surface area (Å²) >= 11 is 0. The lowest BCUT2D eigenvalue weighted by Gasteiger charge is -2.13. The Morgan fingerprint density at radius 1 is 1.07 bits per heavy atom. The van der Waals surface area contributed by atoms with E-state index in [0.717, 1.165) is 6.07 Å². The molecule has 9 nitrogen and oxygen atoms in total. The molecule has 1 heterocycles. The van der Waals surface area contributed by atoms with Crippen molar-refractivity contribution in [2.45, 2.75) is 0 Å². The van der Waals surface area contributed by atoms with E-state index in [-0.39, 0.29) is 22.6 Å². The van der Waals surface area contributed by atoms with Crippen LogP contribution in [0.25, 0.3) is 5.69 Å². The molecule has 29 heavy (non-hydrogen) atoms. The maximum atomic E-state index is 11.7. The summed E-state index contributed by atoms with van der Waals surface area (Å²) in [6.45, 7) is 0. The van der Waals surface area contributed by atoms with Gasteiger partial charge in [0.1, 0.15) is 23.4 Å². The Bertz CT molecular complexity index is 1160. The fourth-order valence-corrected chi connectivity index (χ4v) is 2.73. The van der Waals surface area contributed by atoms with Gasteiger partial charge in [0.05, 0.1) is 30.4 Å². The maximum Gasteiger partial charge on any atom is 0.313 e. The average molecular weight is 391 g/mol. The predicted molar refractivity (Wildman–Crippen MR) is 106 cm³/mol. The molecule has 0 aliphatic rings. The number of ether oxygens (including phenoxy) is 2. The third-order valence-corrected chi connectivity index (χ3v) is 4.19. The molecule has 0 unspecified atom stereocenters. The van der Waals surface area contributed by atoms with E-state index in [0.29, 0.717) is 22.9 Å². The van der Waals surface area contributed by atoms with Crippen LogP contribution in [0.4, 0.5) is 17.2 Å². The largest absolute Gasteiger partial charge is 0.497 e. The number of nitriles is 1. The number of hydrogen-bond donors (Lipinski definition) is 1. The number of nitrogens with zero attached hydrogens (tertiary/aromatic N) is 4. The zero-order valence-corrected chi connectivity index (χ0v) is 15.7. The van der Waals surface area contributed by atoms with Gasteiger partial charge in [-0.2, -0.15) is 5.26 Å². The van der Waals surface area contributed by atoms with Crippen LogP contribution >= 0.6 is 0 Å². The first kappa shape index (κ1) is 19.4. The van der Waals surface area contributed by atoms with Crippen molar-refractivity contribution in [3.63, 3.8) is 0 Å². The van der Waals surface area contributed by atoms with E-state index < -0.39 is 4.92 Å². The lowest BCUT2D eigenvalue weighted by molar-refractivity contribution is -0.386. The molecule has 0 amide bonds. The molecule has 0 bridgehead atoms. The topological polar surface area (TPSA) is 129 Å². The molecule has 3 rings (SSSR count). The first-order valence-corrected chi connectivity index (χ1v) is 8.41. The predicted octanol–water partition coefficient (Wildman–Crippen LogP) is 3.09. The quantitative estimate of drug-likeness (QED) is 0.526. The molecule has 1 aromatic heterocycles. The van der Waals surface area contributed by atoms with Gasteiger partial charge in [-0.1, -0.05) is 0 Å². The fourth-order valence-electron chi connectivity index (χ4n) is 2.73. The van der Waals surface area contributed by atoms with Crippen molar-refractivity contribution in [2.24, 2.45) is 4.99 Å². The van der Waals surface area contributed by atoms with Gasteiger partial charge in [0.25, 0.3) is 0 Å². The third-order valence-electron chi connectivity index (χ3n) is 4.19. The number of pyridine rings is 1. The summed E-state index contributed by atoms with van der Waals surface area (Å²) in [5.74, 6) is 1.27. The van der Waals surface area contributed by atoms with Gasteiger partial charge in [-0.25, -0.2) is 4.99 Å². The van der Waals surface area contributed by atoms with Crippen LogP contribution in [0.5, 0.6) is 11.5 Å². The zero-order valence-electron chi connectivity index (χ0n) is 15.7. The molecule has 0 atom stereocenters. The number of rotatable bonds is 5. The molecule has 0 fully saturated rings. The first-order chi connectivity index (χ1) is 14.0. The van der Waals surface area contributed by atoms with Crippen molar-refractivity contribution in [2.75, 3.05) is 20.0 Å². The van der Waals surface area contributed by atoms with E-state index >= 15 is 0 Å². The van der Waals surface area contributed by atoms with Crippen LogP contribution in [0.15, 0.2) is 59.6 Å². The van der Waals surface area contributed by atoms with Crippen LogP contribution < -0.4 is 20.7 Å². The second kappa shape index (κ2) is 8.14. The van der Waals surface area contributed by atoms with E-state index in [2.05, 4.69) is 4.99 Å². The highest BCUT2D eigenvalue weighted by molar-refractivity contribution is 5.59. The third kappa shape index (κ3) is 3.86. The van der Waals surface area contributed by atoms with Gasteiger partial charge in [-0.15, -0.1) is 0 Å². The number of nitrogen functional groups attached to an aromatic ring is 1. The standard InChI is InChI=1S/C20H17N5O4/c1-28-16-7-3-14(4-8-16)23-20-18(25(26)27)11-13(12-21)19(22)24(20)15-5-9-17(29-2)10-6-15/h3-11H,22H2,1-2H3. The highest BCUT2D eigenvalue weighted by atomic mass is 16.6. The molecule has 0 aliphatic heterocycles. The summed E-state index contributed by atoms with van der Waals surface area (Å²) in [7, 11) is 3.07. The number of aromatic nitrogens is 1. The Hall–Kier alpha value is -4.32. The molecule has 9 heteroatoms. The van der Waals surface area contributed by atoms with Gasteiger partial charge in [0.2, 0.25) is 5.49 Å². The summed E-state index contributed by atoms with van der Waals surface area (Å²) in [6, 6.07) is 16.4. The van der Waals surface area contributed by atoms with Gasteiger partial charge >= 0.3 is 5.69 Å². The van der Waals surface area contributed by atoms with Crippen molar-refractivity contribution < 1.29 is 14.4 Å². The summed E-state index contributed by atoms with van der Waals surface area (Å²) in [6.07, 6.45) is 0. The monoisotopic (exact) mass is 391 g/mol. The van der Waals surface area contributed by atoms with Gasteiger partial charge in [-0.05, 0) is 48.5 Å². The van der Waals surface area contributed by atoms with E-state index in [1.807, 2.05) is 6.07 Å². The summed E-state index contributed by atoms with van der Waals surface area (Å²) in [4.78, 5) is 15.6. The molecule has 2 aromatic carbocycles. The Kier molecular flexibility index (Phi) is 5.46. The minimum absolute atomic E-state index is 0.0122. The smallest absolute Gasteiger partial charge is 0.313 e. The Labute approximate surface area is 166 Å². The van der Waals surface area contributed by atoms with Crippen LogP contribution in [0.3, 0.4) is 0 Å². The van der Waals surface area contributed by atoms with Crippen LogP contribution in [-0.4, -0.2) is 23.7 Å². The molecule has 0 saturated carbocycles. The van der Waals surface area contributed by atoms with E-state index in [1.54, 1.807) is 48.5 Å².